The minimum absolute atomic E-state index is 0.239. The van der Waals surface area contributed by atoms with E-state index in [2.05, 4.69) is 25.7 Å². The lowest BCUT2D eigenvalue weighted by molar-refractivity contribution is -0.143. The van der Waals surface area contributed by atoms with Crippen LogP contribution in [0.2, 0.25) is 0 Å². The first-order valence-electron chi connectivity index (χ1n) is 7.62. The number of hydrogen-bond donors (Lipinski definition) is 1. The van der Waals surface area contributed by atoms with Crippen LogP contribution < -0.4 is 5.73 Å². The topological polar surface area (TPSA) is 46.3 Å². The second kappa shape index (κ2) is 7.13. The minimum atomic E-state index is -0.239. The Balaban J connectivity index is 2.79. The normalized spacial score (nSPS) is 19.8. The predicted molar refractivity (Wildman–Crippen MR) is 76.3 cm³/mol. The molecular formula is C15H30N2O. The van der Waals surface area contributed by atoms with E-state index in [1.807, 2.05) is 0 Å². The maximum absolute atomic E-state index is 12.9. The zero-order valence-electron chi connectivity index (χ0n) is 12.4. The summed E-state index contributed by atoms with van der Waals surface area (Å²) in [6.07, 6.45) is 7.54. The fourth-order valence-electron chi connectivity index (χ4n) is 2.93. The van der Waals surface area contributed by atoms with Gasteiger partial charge in [0.15, 0.2) is 0 Å². The Labute approximate surface area is 112 Å². The van der Waals surface area contributed by atoms with E-state index in [0.717, 1.165) is 51.5 Å². The van der Waals surface area contributed by atoms with Crippen molar-refractivity contribution in [2.45, 2.75) is 71.8 Å². The summed E-state index contributed by atoms with van der Waals surface area (Å²) in [5.74, 6) is 0.324. The molecule has 0 aliphatic heterocycles. The summed E-state index contributed by atoms with van der Waals surface area (Å²) in [4.78, 5) is 14.9. The number of unbranched alkanes of at least 4 members (excludes halogenated alkanes) is 1. The highest BCUT2D eigenvalue weighted by Crippen LogP contribution is 2.39. The molecule has 3 nitrogen and oxygen atoms in total. The van der Waals surface area contributed by atoms with Crippen LogP contribution in [-0.4, -0.2) is 29.9 Å². The van der Waals surface area contributed by atoms with Crippen molar-refractivity contribution < 1.29 is 4.79 Å². The van der Waals surface area contributed by atoms with E-state index < -0.39 is 0 Å². The molecule has 1 saturated carbocycles. The Bertz CT molecular complexity index is 259. The molecule has 1 aliphatic rings. The third-order valence-electron chi connectivity index (χ3n) is 4.54. The molecule has 1 atom stereocenters. The molecule has 0 bridgehead atoms. The second-order valence-corrected chi connectivity index (χ2v) is 5.80. The van der Waals surface area contributed by atoms with Crippen molar-refractivity contribution in [3.05, 3.63) is 0 Å². The van der Waals surface area contributed by atoms with Crippen molar-refractivity contribution in [1.82, 2.24) is 4.90 Å². The Morgan fingerprint density at radius 3 is 2.39 bits per heavy atom. The van der Waals surface area contributed by atoms with Crippen LogP contribution in [0.4, 0.5) is 0 Å². The van der Waals surface area contributed by atoms with Gasteiger partial charge in [-0.1, -0.05) is 33.1 Å². The van der Waals surface area contributed by atoms with E-state index in [-0.39, 0.29) is 5.41 Å². The van der Waals surface area contributed by atoms with Crippen LogP contribution in [0, 0.1) is 5.41 Å². The van der Waals surface area contributed by atoms with E-state index in [1.54, 1.807) is 0 Å². The first-order chi connectivity index (χ1) is 8.61. The average molecular weight is 254 g/mol. The van der Waals surface area contributed by atoms with Crippen LogP contribution in [0.1, 0.15) is 65.7 Å². The van der Waals surface area contributed by atoms with Gasteiger partial charge < -0.3 is 10.6 Å². The fraction of sp³-hybridized carbons (Fsp3) is 0.933. The number of carbonyl (C=O) groups is 1. The first-order valence-corrected chi connectivity index (χ1v) is 7.62. The summed E-state index contributed by atoms with van der Waals surface area (Å²) in [6.45, 7) is 7.90. The van der Waals surface area contributed by atoms with Crippen LogP contribution in [0.3, 0.4) is 0 Å². The lowest BCUT2D eigenvalue weighted by Crippen LogP contribution is -2.50. The van der Waals surface area contributed by atoms with E-state index >= 15 is 0 Å². The summed E-state index contributed by atoms with van der Waals surface area (Å²) in [6, 6.07) is 0.341. The van der Waals surface area contributed by atoms with Gasteiger partial charge in [-0.15, -0.1) is 0 Å². The zero-order valence-corrected chi connectivity index (χ0v) is 12.4. The Hall–Kier alpha value is -0.570. The summed E-state index contributed by atoms with van der Waals surface area (Å²) in [5.41, 5.74) is 5.69. The Kier molecular flexibility index (Phi) is 6.13. The minimum Gasteiger partial charge on any atom is -0.339 e. The number of nitrogens with zero attached hydrogens (tertiary/aromatic N) is 1. The largest absolute Gasteiger partial charge is 0.339 e. The molecule has 1 unspecified atom stereocenters. The molecule has 18 heavy (non-hydrogen) atoms. The van der Waals surface area contributed by atoms with E-state index in [0.29, 0.717) is 18.5 Å². The van der Waals surface area contributed by atoms with E-state index in [4.69, 9.17) is 5.73 Å². The summed E-state index contributed by atoms with van der Waals surface area (Å²) in [7, 11) is 0. The molecule has 0 saturated heterocycles. The fourth-order valence-corrected chi connectivity index (χ4v) is 2.93. The number of amides is 1. The Morgan fingerprint density at radius 2 is 1.94 bits per heavy atom. The molecule has 2 N–H and O–H groups in total. The summed E-state index contributed by atoms with van der Waals surface area (Å²) >= 11 is 0. The van der Waals surface area contributed by atoms with E-state index in [1.165, 1.54) is 0 Å². The predicted octanol–water partition coefficient (Wildman–Crippen LogP) is 2.93. The first kappa shape index (κ1) is 15.5. The average Bonchev–Trinajstić information content (AvgIpc) is 2.88. The van der Waals surface area contributed by atoms with Crippen LogP contribution in [0.5, 0.6) is 0 Å². The highest BCUT2D eigenvalue weighted by Gasteiger charge is 2.42. The molecule has 0 heterocycles. The molecule has 0 spiro atoms. The Morgan fingerprint density at radius 1 is 1.33 bits per heavy atom. The monoisotopic (exact) mass is 254 g/mol. The quantitative estimate of drug-likeness (QED) is 0.759. The number of nitrogens with two attached hydrogens (primary N) is 1. The van der Waals surface area contributed by atoms with Crippen molar-refractivity contribution in [3.8, 4) is 0 Å². The maximum Gasteiger partial charge on any atom is 0.230 e. The van der Waals surface area contributed by atoms with Gasteiger partial charge in [0.1, 0.15) is 0 Å². The number of carbonyl (C=O) groups excluding carboxylic acids is 1. The second-order valence-electron chi connectivity index (χ2n) is 5.80. The third-order valence-corrected chi connectivity index (χ3v) is 4.54. The van der Waals surface area contributed by atoms with Gasteiger partial charge in [-0.05, 0) is 32.6 Å². The van der Waals surface area contributed by atoms with Crippen molar-refractivity contribution >= 4 is 5.91 Å². The molecule has 0 radical (unpaired) electrons. The molecule has 1 aliphatic carbocycles. The number of rotatable bonds is 7. The molecule has 0 aromatic heterocycles. The SMILES string of the molecule is CCCCN(C(=O)C1(CN)CCCC1)C(C)CC. The van der Waals surface area contributed by atoms with Gasteiger partial charge in [-0.3, -0.25) is 4.79 Å². The van der Waals surface area contributed by atoms with Gasteiger partial charge in [0.2, 0.25) is 5.91 Å². The highest BCUT2D eigenvalue weighted by atomic mass is 16.2. The molecule has 0 aromatic rings. The molecule has 1 rings (SSSR count). The van der Waals surface area contributed by atoms with Crippen LogP contribution in [0.25, 0.3) is 0 Å². The molecule has 3 heteroatoms. The van der Waals surface area contributed by atoms with Crippen LogP contribution >= 0.6 is 0 Å². The van der Waals surface area contributed by atoms with Crippen molar-refractivity contribution in [2.24, 2.45) is 11.1 Å². The van der Waals surface area contributed by atoms with Crippen LogP contribution in [0.15, 0.2) is 0 Å². The molecular weight excluding hydrogens is 224 g/mol. The zero-order chi connectivity index (χ0) is 13.6. The smallest absolute Gasteiger partial charge is 0.230 e. The molecule has 106 valence electrons. The van der Waals surface area contributed by atoms with Gasteiger partial charge in [0.25, 0.3) is 0 Å². The standard InChI is InChI=1S/C15H30N2O/c1-4-6-11-17(13(3)5-2)14(18)15(12-16)9-7-8-10-15/h13H,4-12,16H2,1-3H3. The molecule has 0 aromatic carbocycles. The summed E-state index contributed by atoms with van der Waals surface area (Å²) in [5, 5.41) is 0. The number of hydrogen-bond acceptors (Lipinski definition) is 2. The van der Waals surface area contributed by atoms with Crippen molar-refractivity contribution in [2.75, 3.05) is 13.1 Å². The van der Waals surface area contributed by atoms with Gasteiger partial charge in [-0.2, -0.15) is 0 Å². The lowest BCUT2D eigenvalue weighted by atomic mass is 9.84. The van der Waals surface area contributed by atoms with Crippen molar-refractivity contribution in [1.29, 1.82) is 0 Å². The lowest BCUT2D eigenvalue weighted by Gasteiger charge is -2.37. The molecule has 1 fully saturated rings. The third kappa shape index (κ3) is 3.25. The van der Waals surface area contributed by atoms with E-state index in [9.17, 15) is 4.79 Å². The van der Waals surface area contributed by atoms with Gasteiger partial charge in [0, 0.05) is 19.1 Å². The van der Waals surface area contributed by atoms with Gasteiger partial charge >= 0.3 is 0 Å². The maximum atomic E-state index is 12.9. The van der Waals surface area contributed by atoms with Gasteiger partial charge in [0.05, 0.1) is 5.41 Å². The van der Waals surface area contributed by atoms with Crippen LogP contribution in [-0.2, 0) is 4.79 Å². The molecule has 1 amide bonds. The highest BCUT2D eigenvalue weighted by molar-refractivity contribution is 5.83. The van der Waals surface area contributed by atoms with Crippen molar-refractivity contribution in [3.63, 3.8) is 0 Å². The van der Waals surface area contributed by atoms with Gasteiger partial charge in [-0.25, -0.2) is 0 Å². The summed E-state index contributed by atoms with van der Waals surface area (Å²) < 4.78 is 0.